The van der Waals surface area contributed by atoms with Gasteiger partial charge in [0, 0.05) is 34.9 Å². The van der Waals surface area contributed by atoms with Crippen molar-refractivity contribution in [1.29, 1.82) is 0 Å². The smallest absolute Gasteiger partial charge is 0.264 e. The number of nitrogens with one attached hydrogen (secondary N) is 2. The largest absolute Gasteiger partial charge is 0.432 e. The van der Waals surface area contributed by atoms with E-state index in [9.17, 15) is 65.1 Å². The number of anilines is 3. The van der Waals surface area contributed by atoms with Gasteiger partial charge in [-0.2, -0.15) is 0 Å². The zero-order chi connectivity index (χ0) is 48.4. The highest BCUT2D eigenvalue weighted by molar-refractivity contribution is 6.71. The van der Waals surface area contributed by atoms with Gasteiger partial charge in [0.05, 0.1) is 37.4 Å². The minimum atomic E-state index is -3.32. The molecule has 8 rings (SSSR count). The second kappa shape index (κ2) is 18.6. The van der Waals surface area contributed by atoms with Crippen LogP contribution in [0.3, 0.4) is 0 Å². The third kappa shape index (κ3) is 8.80. The molecule has 3 saturated heterocycles. The van der Waals surface area contributed by atoms with Crippen LogP contribution >= 0.6 is 0 Å². The van der Waals surface area contributed by atoms with Crippen LogP contribution < -0.4 is 15.5 Å². The molecule has 0 saturated carbocycles. The van der Waals surface area contributed by atoms with Crippen molar-refractivity contribution in [3.05, 3.63) is 89.0 Å². The fourth-order valence-electron chi connectivity index (χ4n) is 10.3. The Kier molecular flexibility index (Phi) is 13.5. The molecule has 12 N–H and O–H groups in total. The molecule has 67 heavy (non-hydrogen) atoms. The lowest BCUT2D eigenvalue weighted by Crippen LogP contribution is -2.60. The lowest BCUT2D eigenvalue weighted by atomic mass is 9.82. The molecule has 15 atom stereocenters. The average Bonchev–Trinajstić information content (AvgIpc) is 3.72. The Morgan fingerprint density at radius 1 is 0.761 bits per heavy atom. The highest BCUT2D eigenvalue weighted by Gasteiger charge is 2.66. The van der Waals surface area contributed by atoms with E-state index in [0.717, 1.165) is 11.1 Å². The summed E-state index contributed by atoms with van der Waals surface area (Å²) in [6.45, 7) is 5.01. The van der Waals surface area contributed by atoms with Crippen molar-refractivity contribution in [1.82, 2.24) is 4.90 Å². The second-order valence-electron chi connectivity index (χ2n) is 18.5. The molecule has 1 spiro atoms. The van der Waals surface area contributed by atoms with Gasteiger partial charge >= 0.3 is 0 Å². The van der Waals surface area contributed by atoms with Gasteiger partial charge in [0.25, 0.3) is 17.7 Å². The summed E-state index contributed by atoms with van der Waals surface area (Å²) in [6.07, 6.45) is -19.5. The number of carbonyl (C=O) groups is 4. The maximum atomic E-state index is 15.3. The van der Waals surface area contributed by atoms with Gasteiger partial charge in [0.15, 0.2) is 38.7 Å². The van der Waals surface area contributed by atoms with Gasteiger partial charge in [-0.05, 0) is 66.5 Å². The first-order valence-electron chi connectivity index (χ1n) is 22.0. The fourth-order valence-corrected chi connectivity index (χ4v) is 12.9. The van der Waals surface area contributed by atoms with Crippen LogP contribution in [0.15, 0.2) is 66.7 Å². The minimum Gasteiger partial charge on any atom is -0.432 e. The van der Waals surface area contributed by atoms with Gasteiger partial charge in [-0.25, -0.2) is 0 Å². The first-order valence-corrected chi connectivity index (χ1v) is 25.0. The van der Waals surface area contributed by atoms with Crippen LogP contribution in [0.2, 0.25) is 18.6 Å². The van der Waals surface area contributed by atoms with Gasteiger partial charge in [-0.15, -0.1) is 0 Å². The molecule has 0 unspecified atom stereocenters. The minimum absolute atomic E-state index is 0.0792. The molecule has 362 valence electrons. The van der Waals surface area contributed by atoms with E-state index in [-0.39, 0.29) is 49.0 Å². The molecule has 0 radical (unpaired) electrons. The number of carbonyl (C=O) groups excluding carboxylic acids is 4. The summed E-state index contributed by atoms with van der Waals surface area (Å²) in [6, 6.07) is 17.8. The normalized spacial score (nSPS) is 35.0. The maximum absolute atomic E-state index is 15.3. The summed E-state index contributed by atoms with van der Waals surface area (Å²) in [5.41, 5.74) is 0.827. The summed E-state index contributed by atoms with van der Waals surface area (Å²) in [4.78, 5) is 71.2. The highest BCUT2D eigenvalue weighted by atomic mass is 28.4. The average molecular weight is 953 g/mol. The third-order valence-corrected chi connectivity index (χ3v) is 16.3. The Bertz CT molecular complexity index is 2370. The quantitative estimate of drug-likeness (QED) is 0.0964. The molecule has 0 aliphatic carbocycles. The van der Waals surface area contributed by atoms with Crippen molar-refractivity contribution < 1.29 is 84.1 Å². The fraction of sp³-hybridized carbons (Fsp3) is 0.511. The Morgan fingerprint density at radius 2 is 1.31 bits per heavy atom. The molecule has 3 aromatic rings. The molecule has 0 bridgehead atoms. The first-order chi connectivity index (χ1) is 31.7. The molecule has 21 nitrogen and oxygen atoms in total. The van der Waals surface area contributed by atoms with Gasteiger partial charge in [0.1, 0.15) is 36.6 Å². The maximum Gasteiger partial charge on any atom is 0.264 e. The van der Waals surface area contributed by atoms with Crippen LogP contribution in [0.1, 0.15) is 35.6 Å². The van der Waals surface area contributed by atoms with Crippen molar-refractivity contribution in [2.24, 2.45) is 5.92 Å². The zero-order valence-corrected chi connectivity index (χ0v) is 37.7. The van der Waals surface area contributed by atoms with Crippen LogP contribution in [0, 0.1) is 5.92 Å². The van der Waals surface area contributed by atoms with E-state index < -0.39 is 117 Å². The first kappa shape index (κ1) is 48.7. The second-order valence-corrected chi connectivity index (χ2v) is 22.5. The lowest BCUT2D eigenvalue weighted by molar-refractivity contribution is -0.274. The molecule has 22 heteroatoms. The van der Waals surface area contributed by atoms with Crippen molar-refractivity contribution in [3.63, 3.8) is 0 Å². The monoisotopic (exact) mass is 952 g/mol. The summed E-state index contributed by atoms with van der Waals surface area (Å²) in [7, 11) is -3.32. The Hall–Kier alpha value is -4.76. The molecule has 3 fully saturated rings. The van der Waals surface area contributed by atoms with Crippen molar-refractivity contribution in [2.75, 3.05) is 22.1 Å². The Labute approximate surface area is 384 Å². The Balaban J connectivity index is 1.10. The number of hydrogen-bond acceptors (Lipinski definition) is 17. The number of aliphatic hydroxyl groups excluding tert-OH is 9. The van der Waals surface area contributed by atoms with E-state index in [4.69, 9.17) is 14.2 Å². The van der Waals surface area contributed by atoms with Gasteiger partial charge < -0.3 is 85.4 Å². The topological polar surface area (TPSA) is 329 Å². The number of fused-ring (bicyclic) bond motifs is 3. The summed E-state index contributed by atoms with van der Waals surface area (Å²) in [5.74, 6) is -3.60. The number of ether oxygens (including phenoxy) is 3. The van der Waals surface area contributed by atoms with Gasteiger partial charge in [0.2, 0.25) is 5.91 Å². The molecule has 0 aromatic heterocycles. The van der Waals surface area contributed by atoms with E-state index >= 15 is 4.79 Å². The van der Waals surface area contributed by atoms with Gasteiger partial charge in [-0.1, -0.05) is 43.3 Å². The number of hydrogen-bond donors (Lipinski definition) is 12. The van der Waals surface area contributed by atoms with E-state index in [2.05, 4.69) is 10.6 Å². The van der Waals surface area contributed by atoms with E-state index in [1.165, 1.54) is 29.2 Å². The van der Waals surface area contributed by atoms with Crippen LogP contribution in [0.25, 0.3) is 0 Å². The number of amides is 4. The number of nitrogens with zero attached hydrogens (tertiary/aromatic N) is 2. The van der Waals surface area contributed by atoms with E-state index in [1.54, 1.807) is 43.1 Å². The number of aliphatic hydroxyl groups is 9. The summed E-state index contributed by atoms with van der Waals surface area (Å²) < 4.78 is 17.1. The van der Waals surface area contributed by atoms with Crippen molar-refractivity contribution >= 4 is 49.0 Å². The standard InChI is InChI=1S/C45H56N4O17Si/c1-20-39(67(2,3)63)29(16-30(51)48-18-23-7-5-4-6-22(23)14-26(48)19-50)66-45(20)27-15-25(47-41(59)38-34(55)32(53)36(57)43(61)65-38)12-13-28(27)49(44(45)62)17-21-8-10-24(11-9-21)46-40(58)37-33(54)31(52)35(56)42(60)64-37/h4-13,15,20,26,29,31-39,42-43,50,52-57,60-61,63H,14,16-19H2,1-3H3,(H,46,58)(H,47,59)/t20-,26+,29+,31+,32+,33+,34+,35-,36-,37+,38+,39-,42-,43-,45+/m1/s1. The van der Waals surface area contributed by atoms with Crippen LogP contribution in [-0.2, 0) is 58.5 Å². The third-order valence-electron chi connectivity index (χ3n) is 13.8. The molecule has 5 aliphatic rings. The van der Waals surface area contributed by atoms with E-state index in [1.807, 2.05) is 24.3 Å². The Morgan fingerprint density at radius 3 is 1.88 bits per heavy atom. The van der Waals surface area contributed by atoms with Crippen LogP contribution in [0.4, 0.5) is 17.1 Å². The lowest BCUT2D eigenvalue weighted by Gasteiger charge is -2.37. The van der Waals surface area contributed by atoms with Gasteiger partial charge in [-0.3, -0.25) is 19.2 Å². The zero-order valence-electron chi connectivity index (χ0n) is 36.7. The van der Waals surface area contributed by atoms with Crippen LogP contribution in [0.5, 0.6) is 0 Å². The molecule has 5 aliphatic heterocycles. The predicted molar refractivity (Wildman–Crippen MR) is 234 cm³/mol. The van der Waals surface area contributed by atoms with E-state index in [0.29, 0.717) is 17.7 Å². The summed E-state index contributed by atoms with van der Waals surface area (Å²) in [5, 5.41) is 96.5. The molecular formula is C45H56N4O17Si. The summed E-state index contributed by atoms with van der Waals surface area (Å²) >= 11 is 0. The number of benzene rings is 3. The molecule has 4 amide bonds. The highest BCUT2D eigenvalue weighted by Crippen LogP contribution is 2.60. The van der Waals surface area contributed by atoms with Crippen LogP contribution in [-0.4, -0.2) is 168 Å². The van der Waals surface area contributed by atoms with Crippen molar-refractivity contribution in [2.45, 2.75) is 131 Å². The number of rotatable bonds is 10. The molecule has 3 aromatic carbocycles. The molecular weight excluding hydrogens is 897 g/mol. The SMILES string of the molecule is C[C@@H]1[C@@H]([Si](C)(C)O)[C@H](CC(=O)N2Cc3ccccc3C[C@H]2CO)O[C@@]12C(=O)N(Cc1ccc(NC(=O)[C@H]3O[C@@H](O)[C@H](O)[C@@H](O)[C@@H]3O)cc1)c1ccc(NC(=O)[C@H]3O[C@@H](O)[C@H](O)[C@@H](O)[C@@H]3O)cc12. The predicted octanol–water partition coefficient (Wildman–Crippen LogP) is -2.16. The van der Waals surface area contributed by atoms with Crippen molar-refractivity contribution in [3.8, 4) is 0 Å². The molecule has 5 heterocycles.